The molecule has 0 bridgehead atoms. The molecule has 0 amide bonds. The SMILES string of the molecule is CC(CCN)c1cc(C(F)(F)F)cnc1Cl. The van der Waals surface area contributed by atoms with Crippen molar-refractivity contribution in [2.24, 2.45) is 5.73 Å². The zero-order valence-electron chi connectivity index (χ0n) is 8.68. The van der Waals surface area contributed by atoms with Crippen molar-refractivity contribution in [3.63, 3.8) is 0 Å². The van der Waals surface area contributed by atoms with Gasteiger partial charge < -0.3 is 5.73 Å². The van der Waals surface area contributed by atoms with E-state index < -0.39 is 11.7 Å². The van der Waals surface area contributed by atoms with Gasteiger partial charge in [-0.25, -0.2) is 4.98 Å². The van der Waals surface area contributed by atoms with Crippen molar-refractivity contribution in [3.8, 4) is 0 Å². The Bertz CT molecular complexity index is 366. The topological polar surface area (TPSA) is 38.9 Å². The number of halogens is 4. The van der Waals surface area contributed by atoms with Crippen molar-refractivity contribution in [1.82, 2.24) is 4.98 Å². The van der Waals surface area contributed by atoms with Crippen LogP contribution in [-0.2, 0) is 6.18 Å². The summed E-state index contributed by atoms with van der Waals surface area (Å²) >= 11 is 5.76. The highest BCUT2D eigenvalue weighted by atomic mass is 35.5. The third-order valence-corrected chi connectivity index (χ3v) is 2.64. The lowest BCUT2D eigenvalue weighted by Crippen LogP contribution is -2.10. The highest BCUT2D eigenvalue weighted by Gasteiger charge is 2.32. The van der Waals surface area contributed by atoms with Crippen LogP contribution in [0.4, 0.5) is 13.2 Å². The lowest BCUT2D eigenvalue weighted by molar-refractivity contribution is -0.137. The Balaban J connectivity index is 3.09. The van der Waals surface area contributed by atoms with Gasteiger partial charge in [-0.15, -0.1) is 0 Å². The summed E-state index contributed by atoms with van der Waals surface area (Å²) in [7, 11) is 0. The Morgan fingerprint density at radius 1 is 1.50 bits per heavy atom. The van der Waals surface area contributed by atoms with E-state index in [9.17, 15) is 13.2 Å². The monoisotopic (exact) mass is 252 g/mol. The molecular formula is C10H12ClF3N2. The van der Waals surface area contributed by atoms with Crippen molar-refractivity contribution >= 4 is 11.6 Å². The second-order valence-corrected chi connectivity index (χ2v) is 3.94. The average Bonchev–Trinajstić information content (AvgIpc) is 2.16. The van der Waals surface area contributed by atoms with Gasteiger partial charge in [0.2, 0.25) is 0 Å². The summed E-state index contributed by atoms with van der Waals surface area (Å²) in [6, 6.07) is 1.04. The van der Waals surface area contributed by atoms with E-state index in [4.69, 9.17) is 17.3 Å². The number of nitrogens with two attached hydrogens (primary N) is 1. The maximum atomic E-state index is 12.4. The molecule has 1 unspecified atom stereocenters. The maximum absolute atomic E-state index is 12.4. The van der Waals surface area contributed by atoms with E-state index in [1.807, 2.05) is 0 Å². The molecule has 0 radical (unpaired) electrons. The van der Waals surface area contributed by atoms with Gasteiger partial charge in [0.15, 0.2) is 0 Å². The Kier molecular flexibility index (Phi) is 4.15. The van der Waals surface area contributed by atoms with E-state index in [1.165, 1.54) is 0 Å². The number of aromatic nitrogens is 1. The fourth-order valence-electron chi connectivity index (χ4n) is 1.37. The van der Waals surface area contributed by atoms with Crippen LogP contribution in [0.15, 0.2) is 12.3 Å². The molecule has 2 N–H and O–H groups in total. The molecular weight excluding hydrogens is 241 g/mol. The molecule has 90 valence electrons. The first-order valence-electron chi connectivity index (χ1n) is 4.79. The highest BCUT2D eigenvalue weighted by Crippen LogP contribution is 2.33. The van der Waals surface area contributed by atoms with Gasteiger partial charge in [-0.3, -0.25) is 0 Å². The van der Waals surface area contributed by atoms with Gasteiger partial charge in [-0.05, 0) is 30.5 Å². The maximum Gasteiger partial charge on any atom is 0.417 e. The molecule has 0 saturated carbocycles. The van der Waals surface area contributed by atoms with Crippen LogP contribution in [0.5, 0.6) is 0 Å². The molecule has 1 heterocycles. The standard InChI is InChI=1S/C10H12ClF3N2/c1-6(2-3-15)8-4-7(10(12,13)14)5-16-9(8)11/h4-6H,2-3,15H2,1H3. The van der Waals surface area contributed by atoms with Crippen molar-refractivity contribution in [3.05, 3.63) is 28.5 Å². The lowest BCUT2D eigenvalue weighted by Gasteiger charge is -2.14. The lowest BCUT2D eigenvalue weighted by atomic mass is 9.98. The van der Waals surface area contributed by atoms with Gasteiger partial charge in [0.05, 0.1) is 5.56 Å². The highest BCUT2D eigenvalue weighted by molar-refractivity contribution is 6.30. The van der Waals surface area contributed by atoms with Crippen LogP contribution in [0.2, 0.25) is 5.15 Å². The molecule has 16 heavy (non-hydrogen) atoms. The molecule has 0 aromatic carbocycles. The fourth-order valence-corrected chi connectivity index (χ4v) is 1.66. The van der Waals surface area contributed by atoms with E-state index in [2.05, 4.69) is 4.98 Å². The van der Waals surface area contributed by atoms with Crippen molar-refractivity contribution < 1.29 is 13.2 Å². The van der Waals surface area contributed by atoms with Crippen LogP contribution in [0.25, 0.3) is 0 Å². The first-order chi connectivity index (χ1) is 7.36. The molecule has 0 aliphatic heterocycles. The predicted molar refractivity (Wildman–Crippen MR) is 56.3 cm³/mol. The number of hydrogen-bond acceptors (Lipinski definition) is 2. The molecule has 2 nitrogen and oxygen atoms in total. The summed E-state index contributed by atoms with van der Waals surface area (Å²) in [4.78, 5) is 3.55. The smallest absolute Gasteiger partial charge is 0.330 e. The number of hydrogen-bond donors (Lipinski definition) is 1. The molecule has 0 fully saturated rings. The predicted octanol–water partition coefficient (Wildman–Crippen LogP) is 3.21. The third-order valence-electron chi connectivity index (χ3n) is 2.32. The van der Waals surface area contributed by atoms with E-state index in [0.29, 0.717) is 18.5 Å². The number of rotatable bonds is 3. The number of pyridine rings is 1. The zero-order valence-corrected chi connectivity index (χ0v) is 9.44. The summed E-state index contributed by atoms with van der Waals surface area (Å²) in [5.74, 6) is -0.132. The average molecular weight is 253 g/mol. The molecule has 0 spiro atoms. The van der Waals surface area contributed by atoms with Crippen molar-refractivity contribution in [2.45, 2.75) is 25.4 Å². The van der Waals surface area contributed by atoms with Crippen LogP contribution in [0.3, 0.4) is 0 Å². The third kappa shape index (κ3) is 3.09. The largest absolute Gasteiger partial charge is 0.417 e. The van der Waals surface area contributed by atoms with Crippen LogP contribution in [0, 0.1) is 0 Å². The second-order valence-electron chi connectivity index (χ2n) is 3.58. The van der Waals surface area contributed by atoms with Crippen LogP contribution in [-0.4, -0.2) is 11.5 Å². The summed E-state index contributed by atoms with van der Waals surface area (Å²) in [6.45, 7) is 2.17. The summed E-state index contributed by atoms with van der Waals surface area (Å²) < 4.78 is 37.3. The molecule has 6 heteroatoms. The van der Waals surface area contributed by atoms with Crippen LogP contribution in [0.1, 0.15) is 30.4 Å². The molecule has 1 rings (SSSR count). The molecule has 0 aliphatic carbocycles. The van der Waals surface area contributed by atoms with Crippen molar-refractivity contribution in [1.29, 1.82) is 0 Å². The minimum absolute atomic E-state index is 0.106. The summed E-state index contributed by atoms with van der Waals surface area (Å²) in [5.41, 5.74) is 4.96. The first kappa shape index (κ1) is 13.3. The molecule has 0 saturated heterocycles. The molecule has 1 aromatic heterocycles. The summed E-state index contributed by atoms with van der Waals surface area (Å²) in [5, 5.41) is 0.106. The Labute approximate surface area is 96.6 Å². The van der Waals surface area contributed by atoms with Crippen LogP contribution < -0.4 is 5.73 Å². The summed E-state index contributed by atoms with van der Waals surface area (Å²) in [6.07, 6.45) is -3.08. The van der Waals surface area contributed by atoms with Gasteiger partial charge in [0, 0.05) is 6.20 Å². The van der Waals surface area contributed by atoms with Gasteiger partial charge in [0.1, 0.15) is 5.15 Å². The number of alkyl halides is 3. The Morgan fingerprint density at radius 3 is 2.62 bits per heavy atom. The van der Waals surface area contributed by atoms with E-state index in [1.54, 1.807) is 6.92 Å². The first-order valence-corrected chi connectivity index (χ1v) is 5.16. The normalized spacial score (nSPS) is 13.9. The van der Waals surface area contributed by atoms with Gasteiger partial charge >= 0.3 is 6.18 Å². The van der Waals surface area contributed by atoms with Gasteiger partial charge in [0.25, 0.3) is 0 Å². The molecule has 0 aliphatic rings. The van der Waals surface area contributed by atoms with E-state index in [0.717, 1.165) is 12.3 Å². The van der Waals surface area contributed by atoms with E-state index in [-0.39, 0.29) is 11.1 Å². The Morgan fingerprint density at radius 2 is 2.12 bits per heavy atom. The zero-order chi connectivity index (χ0) is 12.3. The quantitative estimate of drug-likeness (QED) is 0.839. The minimum atomic E-state index is -4.39. The second kappa shape index (κ2) is 5.01. The van der Waals surface area contributed by atoms with Gasteiger partial charge in [-0.1, -0.05) is 18.5 Å². The van der Waals surface area contributed by atoms with Crippen LogP contribution >= 0.6 is 11.6 Å². The fraction of sp³-hybridized carbons (Fsp3) is 0.500. The van der Waals surface area contributed by atoms with E-state index >= 15 is 0 Å². The van der Waals surface area contributed by atoms with Crippen molar-refractivity contribution in [2.75, 3.05) is 6.54 Å². The number of nitrogens with zero attached hydrogens (tertiary/aromatic N) is 1. The van der Waals surface area contributed by atoms with Gasteiger partial charge in [-0.2, -0.15) is 13.2 Å². The molecule has 1 atom stereocenters. The molecule has 1 aromatic rings. The Hall–Kier alpha value is -0.810. The minimum Gasteiger partial charge on any atom is -0.330 e.